The topological polar surface area (TPSA) is 80.3 Å². The molecule has 1 heterocycles. The molecule has 0 bridgehead atoms. The molecule has 0 aromatic carbocycles. The number of carbonyl (C=O) groups is 2. The zero-order chi connectivity index (χ0) is 15.2. The number of ether oxygens (including phenoxy) is 1. The third-order valence-electron chi connectivity index (χ3n) is 2.05. The Hall–Kier alpha value is -2.32. The van der Waals surface area contributed by atoms with E-state index in [0.717, 1.165) is 0 Å². The summed E-state index contributed by atoms with van der Waals surface area (Å²) in [6.45, 7) is -1.44. The number of pyridine rings is 1. The van der Waals surface area contributed by atoms with Crippen LogP contribution >= 0.6 is 0 Å². The number of nitrogens with zero attached hydrogens (tertiary/aromatic N) is 1. The van der Waals surface area contributed by atoms with Crippen molar-refractivity contribution in [3.05, 3.63) is 23.9 Å². The second-order valence-electron chi connectivity index (χ2n) is 3.69. The van der Waals surface area contributed by atoms with Crippen molar-refractivity contribution in [2.45, 2.75) is 12.6 Å². The summed E-state index contributed by atoms with van der Waals surface area (Å²) in [6.07, 6.45) is -4.59. The van der Waals surface area contributed by atoms with Crippen molar-refractivity contribution in [2.75, 3.05) is 19.0 Å². The lowest BCUT2D eigenvalue weighted by Gasteiger charge is -2.09. The van der Waals surface area contributed by atoms with E-state index >= 15 is 0 Å². The number of amides is 2. The number of nitrogens with one attached hydrogen (secondary N) is 2. The molecule has 1 aromatic rings. The quantitative estimate of drug-likeness (QED) is 0.823. The highest BCUT2D eigenvalue weighted by atomic mass is 19.4. The van der Waals surface area contributed by atoms with E-state index < -0.39 is 24.7 Å². The second kappa shape index (κ2) is 6.73. The van der Waals surface area contributed by atoms with E-state index in [9.17, 15) is 22.8 Å². The Balaban J connectivity index is 2.57. The molecule has 0 saturated heterocycles. The van der Waals surface area contributed by atoms with E-state index in [2.05, 4.69) is 15.0 Å². The Kier molecular flexibility index (Phi) is 5.30. The fourth-order valence-corrected chi connectivity index (χ4v) is 1.21. The van der Waals surface area contributed by atoms with Crippen LogP contribution in [0.1, 0.15) is 5.69 Å². The summed E-state index contributed by atoms with van der Waals surface area (Å²) in [5, 5.41) is 3.77. The van der Waals surface area contributed by atoms with Crippen LogP contribution < -0.4 is 10.6 Å². The average molecular weight is 291 g/mol. The monoisotopic (exact) mass is 291 g/mol. The van der Waals surface area contributed by atoms with Crippen LogP contribution in [0, 0.1) is 0 Å². The number of urea groups is 1. The van der Waals surface area contributed by atoms with Crippen LogP contribution in [-0.2, 0) is 16.0 Å². The number of hydrogen-bond acceptors (Lipinski definition) is 4. The van der Waals surface area contributed by atoms with Crippen LogP contribution in [-0.4, -0.2) is 36.8 Å². The van der Waals surface area contributed by atoms with Gasteiger partial charge in [-0.25, -0.2) is 9.78 Å². The van der Waals surface area contributed by atoms with Crippen LogP contribution in [0.2, 0.25) is 0 Å². The molecule has 2 amide bonds. The van der Waals surface area contributed by atoms with Crippen LogP contribution in [0.4, 0.5) is 23.8 Å². The van der Waals surface area contributed by atoms with Gasteiger partial charge in [0.1, 0.15) is 12.4 Å². The molecule has 2 N–H and O–H groups in total. The van der Waals surface area contributed by atoms with Crippen molar-refractivity contribution in [3.8, 4) is 0 Å². The first kappa shape index (κ1) is 15.7. The predicted octanol–water partition coefficient (Wildman–Crippen LogP) is 1.48. The van der Waals surface area contributed by atoms with Gasteiger partial charge >= 0.3 is 18.2 Å². The maximum Gasteiger partial charge on any atom is 0.405 e. The molecule has 0 atom stereocenters. The van der Waals surface area contributed by atoms with Gasteiger partial charge in [0.25, 0.3) is 0 Å². The molecule has 0 aliphatic heterocycles. The Labute approximate surface area is 112 Å². The van der Waals surface area contributed by atoms with Crippen molar-refractivity contribution < 1.29 is 27.5 Å². The lowest BCUT2D eigenvalue weighted by atomic mass is 10.3. The minimum absolute atomic E-state index is 0.0334. The molecule has 1 rings (SSSR count). The lowest BCUT2D eigenvalue weighted by molar-refractivity contribution is -0.139. The fourth-order valence-electron chi connectivity index (χ4n) is 1.21. The first-order chi connectivity index (χ1) is 9.30. The van der Waals surface area contributed by atoms with E-state index in [4.69, 9.17) is 0 Å². The van der Waals surface area contributed by atoms with Gasteiger partial charge in [0.15, 0.2) is 0 Å². The van der Waals surface area contributed by atoms with Gasteiger partial charge in [-0.15, -0.1) is 0 Å². The molecule has 9 heteroatoms. The Morgan fingerprint density at radius 1 is 1.35 bits per heavy atom. The number of esters is 1. The van der Waals surface area contributed by atoms with Crippen LogP contribution in [0.5, 0.6) is 0 Å². The van der Waals surface area contributed by atoms with Gasteiger partial charge in [-0.1, -0.05) is 6.07 Å². The Morgan fingerprint density at radius 3 is 2.65 bits per heavy atom. The number of alkyl halides is 3. The average Bonchev–Trinajstić information content (AvgIpc) is 2.36. The molecule has 110 valence electrons. The zero-order valence-electron chi connectivity index (χ0n) is 10.5. The molecule has 1 aromatic heterocycles. The van der Waals surface area contributed by atoms with Gasteiger partial charge in [0.2, 0.25) is 0 Å². The number of carbonyl (C=O) groups excluding carboxylic acids is 2. The number of hydrogen-bond donors (Lipinski definition) is 2. The summed E-state index contributed by atoms with van der Waals surface area (Å²) in [4.78, 5) is 26.1. The third kappa shape index (κ3) is 6.03. The highest BCUT2D eigenvalue weighted by Gasteiger charge is 2.27. The summed E-state index contributed by atoms with van der Waals surface area (Å²) in [6, 6.07) is 3.37. The van der Waals surface area contributed by atoms with Crippen molar-refractivity contribution in [2.24, 2.45) is 0 Å². The van der Waals surface area contributed by atoms with E-state index in [1.165, 1.54) is 25.3 Å². The number of rotatable bonds is 4. The molecule has 0 radical (unpaired) electrons. The van der Waals surface area contributed by atoms with Gasteiger partial charge in [-0.05, 0) is 12.1 Å². The number of anilines is 1. The normalized spacial score (nSPS) is 10.8. The largest absolute Gasteiger partial charge is 0.469 e. The van der Waals surface area contributed by atoms with Crippen LogP contribution in [0.25, 0.3) is 0 Å². The molecule has 20 heavy (non-hydrogen) atoms. The lowest BCUT2D eigenvalue weighted by Crippen LogP contribution is -2.36. The van der Waals surface area contributed by atoms with Crippen molar-refractivity contribution in [1.82, 2.24) is 10.3 Å². The number of methoxy groups -OCH3 is 1. The predicted molar refractivity (Wildman–Crippen MR) is 63.0 cm³/mol. The molecule has 0 spiro atoms. The zero-order valence-corrected chi connectivity index (χ0v) is 10.5. The minimum atomic E-state index is -4.49. The summed E-state index contributed by atoms with van der Waals surface area (Å²) >= 11 is 0. The molecule has 6 nitrogen and oxygen atoms in total. The van der Waals surface area contributed by atoms with E-state index in [1.54, 1.807) is 5.32 Å². The Bertz CT molecular complexity index is 491. The Morgan fingerprint density at radius 2 is 2.05 bits per heavy atom. The summed E-state index contributed by atoms with van der Waals surface area (Å²) in [5.41, 5.74) is 0.325. The molecule has 0 saturated carbocycles. The molecule has 0 unspecified atom stereocenters. The second-order valence-corrected chi connectivity index (χ2v) is 3.69. The van der Waals surface area contributed by atoms with E-state index in [1.807, 2.05) is 0 Å². The molecule has 0 fully saturated rings. The minimum Gasteiger partial charge on any atom is -0.469 e. The third-order valence-corrected chi connectivity index (χ3v) is 2.05. The highest BCUT2D eigenvalue weighted by molar-refractivity contribution is 5.88. The summed E-state index contributed by atoms with van der Waals surface area (Å²) < 4.78 is 40.1. The van der Waals surface area contributed by atoms with Crippen molar-refractivity contribution in [3.63, 3.8) is 0 Å². The van der Waals surface area contributed by atoms with E-state index in [-0.39, 0.29) is 12.2 Å². The van der Waals surface area contributed by atoms with Crippen molar-refractivity contribution in [1.29, 1.82) is 0 Å². The van der Waals surface area contributed by atoms with Crippen LogP contribution in [0.15, 0.2) is 18.2 Å². The summed E-state index contributed by atoms with van der Waals surface area (Å²) in [5.74, 6) is -0.484. The first-order valence-corrected chi connectivity index (χ1v) is 5.44. The number of aromatic nitrogens is 1. The standard InChI is InChI=1S/C11H12F3N3O3/c1-20-9(18)5-7-3-2-4-8(16-7)17-10(19)15-6-11(12,13)14/h2-4H,5-6H2,1H3,(H2,15,16,17,19). The van der Waals surface area contributed by atoms with Crippen LogP contribution in [0.3, 0.4) is 0 Å². The van der Waals surface area contributed by atoms with Gasteiger partial charge in [-0.3, -0.25) is 10.1 Å². The molecular formula is C11H12F3N3O3. The summed E-state index contributed by atoms with van der Waals surface area (Å²) in [7, 11) is 1.22. The highest BCUT2D eigenvalue weighted by Crippen LogP contribution is 2.12. The van der Waals surface area contributed by atoms with E-state index in [0.29, 0.717) is 5.69 Å². The SMILES string of the molecule is COC(=O)Cc1cccc(NC(=O)NCC(F)(F)F)n1. The maximum atomic E-state index is 11.9. The van der Waals surface area contributed by atoms with Gasteiger partial charge in [0.05, 0.1) is 19.2 Å². The maximum absolute atomic E-state index is 11.9. The number of halogens is 3. The molecule has 0 aliphatic rings. The van der Waals surface area contributed by atoms with Gasteiger partial charge in [-0.2, -0.15) is 13.2 Å². The van der Waals surface area contributed by atoms with Gasteiger partial charge in [0, 0.05) is 0 Å². The fraction of sp³-hybridized carbons (Fsp3) is 0.364. The first-order valence-electron chi connectivity index (χ1n) is 5.44. The van der Waals surface area contributed by atoms with Crippen molar-refractivity contribution >= 4 is 17.8 Å². The molecular weight excluding hydrogens is 279 g/mol. The van der Waals surface area contributed by atoms with Gasteiger partial charge < -0.3 is 10.1 Å². The smallest absolute Gasteiger partial charge is 0.405 e. The molecule has 0 aliphatic carbocycles.